The molecule has 2 N–H and O–H groups in total. The van der Waals surface area contributed by atoms with Crippen LogP contribution < -0.4 is 10.0 Å². The predicted octanol–water partition coefficient (Wildman–Crippen LogP) is 2.74. The molecule has 0 aromatic heterocycles. The lowest BCUT2D eigenvalue weighted by Gasteiger charge is -2.10. The van der Waals surface area contributed by atoms with Gasteiger partial charge in [-0.05, 0) is 30.3 Å². The maximum Gasteiger partial charge on any atom is 0.338 e. The van der Waals surface area contributed by atoms with E-state index in [1.807, 2.05) is 0 Å². The first kappa shape index (κ1) is 21.5. The highest BCUT2D eigenvalue weighted by atomic mass is 35.5. The highest BCUT2D eigenvalue weighted by Gasteiger charge is 2.21. The summed E-state index contributed by atoms with van der Waals surface area (Å²) >= 11 is 5.91. The molecule has 0 aliphatic carbocycles. The molecular weight excluding hydrogens is 411 g/mol. The van der Waals surface area contributed by atoms with Gasteiger partial charge in [-0.15, -0.1) is 6.58 Å². The number of ether oxygens (including phenoxy) is 1. The topological polar surface area (TPSA) is 102 Å². The maximum absolute atomic E-state index is 13.9. The van der Waals surface area contributed by atoms with Crippen LogP contribution in [-0.4, -0.2) is 33.4 Å². The third kappa shape index (κ3) is 5.62. The van der Waals surface area contributed by atoms with Crippen LogP contribution in [0.15, 0.2) is 60.0 Å². The number of rotatable bonds is 8. The third-order valence-corrected chi connectivity index (χ3v) is 5.12. The lowest BCUT2D eigenvalue weighted by atomic mass is 10.2. The van der Waals surface area contributed by atoms with E-state index in [1.165, 1.54) is 6.08 Å². The number of anilines is 1. The van der Waals surface area contributed by atoms with E-state index in [4.69, 9.17) is 16.3 Å². The number of carbonyl (C=O) groups is 2. The molecule has 7 nitrogen and oxygen atoms in total. The van der Waals surface area contributed by atoms with Crippen LogP contribution in [0, 0.1) is 5.82 Å². The first-order valence-electron chi connectivity index (χ1n) is 7.86. The average molecular weight is 427 g/mol. The van der Waals surface area contributed by atoms with Crippen molar-refractivity contribution in [3.63, 3.8) is 0 Å². The number of hydrogen-bond acceptors (Lipinski definition) is 5. The fourth-order valence-electron chi connectivity index (χ4n) is 2.05. The van der Waals surface area contributed by atoms with Gasteiger partial charge in [0.1, 0.15) is 10.7 Å². The summed E-state index contributed by atoms with van der Waals surface area (Å²) in [7, 11) is -4.18. The minimum Gasteiger partial charge on any atom is -0.452 e. The molecule has 0 fully saturated rings. The summed E-state index contributed by atoms with van der Waals surface area (Å²) in [6.07, 6.45) is 1.28. The van der Waals surface area contributed by atoms with Gasteiger partial charge in [-0.2, -0.15) is 0 Å². The average Bonchev–Trinajstić information content (AvgIpc) is 2.66. The molecule has 0 aliphatic rings. The number of hydrogen-bond donors (Lipinski definition) is 2. The van der Waals surface area contributed by atoms with Crippen molar-refractivity contribution < 1.29 is 27.1 Å². The number of nitrogens with one attached hydrogen (secondary N) is 2. The Morgan fingerprint density at radius 2 is 1.93 bits per heavy atom. The zero-order valence-corrected chi connectivity index (χ0v) is 16.0. The van der Waals surface area contributed by atoms with Crippen molar-refractivity contribution in [2.24, 2.45) is 0 Å². The molecule has 0 heterocycles. The molecule has 0 spiro atoms. The number of sulfonamides is 1. The van der Waals surface area contributed by atoms with Crippen molar-refractivity contribution in [3.8, 4) is 0 Å². The summed E-state index contributed by atoms with van der Waals surface area (Å²) in [5, 5.41) is 2.77. The molecule has 0 radical (unpaired) electrons. The molecule has 2 aromatic carbocycles. The van der Waals surface area contributed by atoms with Crippen molar-refractivity contribution in [3.05, 3.63) is 71.5 Å². The van der Waals surface area contributed by atoms with Crippen LogP contribution in [0.3, 0.4) is 0 Å². The summed E-state index contributed by atoms with van der Waals surface area (Å²) in [6.45, 7) is 2.61. The summed E-state index contributed by atoms with van der Waals surface area (Å²) in [5.74, 6) is -2.68. The highest BCUT2D eigenvalue weighted by Crippen LogP contribution is 2.20. The van der Waals surface area contributed by atoms with Gasteiger partial charge in [0.15, 0.2) is 6.61 Å². The van der Waals surface area contributed by atoms with Gasteiger partial charge in [0.05, 0.1) is 16.3 Å². The van der Waals surface area contributed by atoms with Crippen molar-refractivity contribution in [2.75, 3.05) is 18.5 Å². The van der Waals surface area contributed by atoms with Crippen LogP contribution in [0.5, 0.6) is 0 Å². The van der Waals surface area contributed by atoms with Crippen molar-refractivity contribution in [1.82, 2.24) is 4.72 Å². The Morgan fingerprint density at radius 3 is 2.61 bits per heavy atom. The van der Waals surface area contributed by atoms with E-state index in [1.54, 1.807) is 24.3 Å². The molecule has 0 bridgehead atoms. The molecule has 1 amide bonds. The van der Waals surface area contributed by atoms with Crippen molar-refractivity contribution >= 4 is 39.2 Å². The molecule has 2 rings (SSSR count). The van der Waals surface area contributed by atoms with Crippen molar-refractivity contribution in [1.29, 1.82) is 0 Å². The Balaban J connectivity index is 2.06. The lowest BCUT2D eigenvalue weighted by Crippen LogP contribution is -2.25. The van der Waals surface area contributed by atoms with Gasteiger partial charge in [-0.1, -0.05) is 29.8 Å². The second-order valence-electron chi connectivity index (χ2n) is 5.39. The summed E-state index contributed by atoms with van der Waals surface area (Å²) < 4.78 is 44.9. The Kier molecular flexibility index (Phi) is 7.27. The van der Waals surface area contributed by atoms with E-state index in [9.17, 15) is 22.4 Å². The van der Waals surface area contributed by atoms with Crippen LogP contribution in [0.2, 0.25) is 5.02 Å². The van der Waals surface area contributed by atoms with Gasteiger partial charge in [0.2, 0.25) is 10.0 Å². The quantitative estimate of drug-likeness (QED) is 0.499. The Labute approximate surface area is 166 Å². The summed E-state index contributed by atoms with van der Waals surface area (Å²) in [6, 6.07) is 9.18. The molecule has 0 atom stereocenters. The van der Waals surface area contributed by atoms with E-state index < -0.39 is 39.2 Å². The monoisotopic (exact) mass is 426 g/mol. The number of carbonyl (C=O) groups excluding carboxylic acids is 2. The molecule has 0 saturated heterocycles. The lowest BCUT2D eigenvalue weighted by molar-refractivity contribution is -0.119. The summed E-state index contributed by atoms with van der Waals surface area (Å²) in [4.78, 5) is 23.2. The van der Waals surface area contributed by atoms with E-state index in [-0.39, 0.29) is 12.1 Å². The Morgan fingerprint density at radius 1 is 1.21 bits per heavy atom. The van der Waals surface area contributed by atoms with Crippen LogP contribution in [0.4, 0.5) is 10.1 Å². The fraction of sp³-hybridized carbons (Fsp3) is 0.111. The molecule has 28 heavy (non-hydrogen) atoms. The molecule has 0 saturated carbocycles. The molecule has 148 valence electrons. The second kappa shape index (κ2) is 9.45. The van der Waals surface area contributed by atoms with Crippen molar-refractivity contribution in [2.45, 2.75) is 4.90 Å². The summed E-state index contributed by atoms with van der Waals surface area (Å²) in [5.41, 5.74) is 0.111. The van der Waals surface area contributed by atoms with Crippen LogP contribution in [0.1, 0.15) is 10.4 Å². The van der Waals surface area contributed by atoms with Gasteiger partial charge in [-0.25, -0.2) is 22.3 Å². The minimum atomic E-state index is -4.18. The standard InChI is InChI=1S/C18H16ClFN2O5S/c1-2-9-21-28(25,26)16-10-12(7-8-14(16)20)18(24)27-11-17(23)22-15-6-4-3-5-13(15)19/h2-8,10,21H,1,9,11H2,(H,22,23). The molecule has 2 aromatic rings. The highest BCUT2D eigenvalue weighted by molar-refractivity contribution is 7.89. The first-order valence-corrected chi connectivity index (χ1v) is 9.72. The van der Waals surface area contributed by atoms with E-state index in [2.05, 4.69) is 16.6 Å². The van der Waals surface area contributed by atoms with E-state index in [0.29, 0.717) is 10.7 Å². The van der Waals surface area contributed by atoms with Gasteiger partial charge in [-0.3, -0.25) is 4.79 Å². The van der Waals surface area contributed by atoms with Gasteiger partial charge >= 0.3 is 5.97 Å². The Bertz CT molecular complexity index is 1010. The second-order valence-corrected chi connectivity index (χ2v) is 7.53. The van der Waals surface area contributed by atoms with Gasteiger partial charge in [0.25, 0.3) is 5.91 Å². The molecule has 10 heteroatoms. The van der Waals surface area contributed by atoms with Gasteiger partial charge in [0, 0.05) is 6.54 Å². The molecule has 0 aliphatic heterocycles. The number of benzene rings is 2. The zero-order valence-electron chi connectivity index (χ0n) is 14.4. The third-order valence-electron chi connectivity index (χ3n) is 3.36. The largest absolute Gasteiger partial charge is 0.452 e. The molecular formula is C18H16ClFN2O5S. The normalized spacial score (nSPS) is 10.9. The van der Waals surface area contributed by atoms with E-state index in [0.717, 1.165) is 18.2 Å². The first-order chi connectivity index (χ1) is 13.2. The smallest absolute Gasteiger partial charge is 0.338 e. The number of para-hydroxylation sites is 1. The number of amides is 1. The van der Waals surface area contributed by atoms with Gasteiger partial charge < -0.3 is 10.1 Å². The maximum atomic E-state index is 13.9. The van der Waals surface area contributed by atoms with Crippen LogP contribution in [0.25, 0.3) is 0 Å². The SMILES string of the molecule is C=CCNS(=O)(=O)c1cc(C(=O)OCC(=O)Nc2ccccc2Cl)ccc1F. The van der Waals surface area contributed by atoms with E-state index >= 15 is 0 Å². The minimum absolute atomic E-state index is 0.112. The Hall–Kier alpha value is -2.75. The van der Waals surface area contributed by atoms with Crippen LogP contribution in [-0.2, 0) is 19.6 Å². The fourth-order valence-corrected chi connectivity index (χ4v) is 3.33. The van der Waals surface area contributed by atoms with Crippen LogP contribution >= 0.6 is 11.6 Å². The predicted molar refractivity (Wildman–Crippen MR) is 102 cm³/mol. The number of esters is 1. The zero-order chi connectivity index (χ0) is 20.7. The molecule has 0 unspecified atom stereocenters. The number of halogens is 2.